The number of carbonyl (C=O) groups excluding carboxylic acids is 1. The molecule has 0 unspecified atom stereocenters. The van der Waals surface area contributed by atoms with Crippen LogP contribution in [0.1, 0.15) is 10.4 Å². The number of ether oxygens (including phenoxy) is 1. The van der Waals surface area contributed by atoms with Gasteiger partial charge in [0.2, 0.25) is 5.75 Å². The Labute approximate surface area is 107 Å². The normalized spacial score (nSPS) is 9.95. The third-order valence-electron chi connectivity index (χ3n) is 2.07. The molecule has 1 aromatic carbocycles. The minimum absolute atomic E-state index is 0.0792. The lowest BCUT2D eigenvalue weighted by Gasteiger charge is -2.10. The predicted octanol–water partition coefficient (Wildman–Crippen LogP) is -0.717. The number of carbonyl (C=O) groups is 2. The summed E-state index contributed by atoms with van der Waals surface area (Å²) in [6.07, 6.45) is 0. The van der Waals surface area contributed by atoms with Gasteiger partial charge in [-0.15, -0.1) is 0 Å². The van der Waals surface area contributed by atoms with Gasteiger partial charge < -0.3 is 30.5 Å². The van der Waals surface area contributed by atoms with Crippen LogP contribution in [0.15, 0.2) is 12.1 Å². The molecule has 104 valence electrons. The van der Waals surface area contributed by atoms with Crippen molar-refractivity contribution in [1.29, 1.82) is 0 Å². The first-order valence-electron chi connectivity index (χ1n) is 5.25. The molecule has 0 aliphatic heterocycles. The number of hydrogen-bond acceptors (Lipinski definition) is 6. The molecule has 5 N–H and O–H groups in total. The molecule has 1 aromatic rings. The number of amides is 1. The summed E-state index contributed by atoms with van der Waals surface area (Å²) in [5, 5.41) is 38.0. The van der Waals surface area contributed by atoms with Crippen LogP contribution in [0.3, 0.4) is 0 Å². The highest BCUT2D eigenvalue weighted by atomic mass is 16.5. The second-order valence-corrected chi connectivity index (χ2v) is 3.49. The zero-order chi connectivity index (χ0) is 14.4. The van der Waals surface area contributed by atoms with Crippen molar-refractivity contribution in [3.8, 4) is 17.2 Å². The minimum atomic E-state index is -1.21. The van der Waals surface area contributed by atoms with E-state index in [9.17, 15) is 19.8 Å². The molecule has 0 spiro atoms. The van der Waals surface area contributed by atoms with Crippen molar-refractivity contribution in [1.82, 2.24) is 5.32 Å². The van der Waals surface area contributed by atoms with Crippen LogP contribution in [0.25, 0.3) is 0 Å². The Hall–Kier alpha value is -2.48. The van der Waals surface area contributed by atoms with Gasteiger partial charge in [0, 0.05) is 5.56 Å². The highest BCUT2D eigenvalue weighted by Gasteiger charge is 2.15. The lowest BCUT2D eigenvalue weighted by atomic mass is 10.1. The molecule has 0 saturated heterocycles. The quantitative estimate of drug-likeness (QED) is 0.431. The van der Waals surface area contributed by atoms with Crippen molar-refractivity contribution in [2.24, 2.45) is 0 Å². The Morgan fingerprint density at radius 2 is 1.95 bits per heavy atom. The first-order valence-corrected chi connectivity index (χ1v) is 5.25. The molecule has 1 rings (SSSR count). The second-order valence-electron chi connectivity index (χ2n) is 3.49. The SMILES string of the molecule is O=C(O)CNC(=O)c1cc(O)c(O)c(OCCO)c1. The molecule has 0 aliphatic rings. The highest BCUT2D eigenvalue weighted by molar-refractivity contribution is 5.97. The standard InChI is InChI=1S/C11H13NO7/c13-1-2-19-8-4-6(3-7(14)10(8)17)11(18)12-5-9(15)16/h3-4,13-14,17H,1-2,5H2,(H,12,18)(H,15,16). The number of phenols is 2. The average molecular weight is 271 g/mol. The summed E-state index contributed by atoms with van der Waals surface area (Å²) in [5.41, 5.74) is -0.0792. The summed E-state index contributed by atoms with van der Waals surface area (Å²) in [6.45, 7) is -1.02. The third kappa shape index (κ3) is 4.03. The van der Waals surface area contributed by atoms with Crippen LogP contribution in [0, 0.1) is 0 Å². The van der Waals surface area contributed by atoms with Gasteiger partial charge in [0.25, 0.3) is 5.91 Å². The Balaban J connectivity index is 2.92. The van der Waals surface area contributed by atoms with Gasteiger partial charge in [-0.05, 0) is 12.1 Å². The largest absolute Gasteiger partial charge is 0.504 e. The molecule has 0 bridgehead atoms. The zero-order valence-corrected chi connectivity index (χ0v) is 9.79. The minimum Gasteiger partial charge on any atom is -0.504 e. The number of hydrogen-bond donors (Lipinski definition) is 5. The van der Waals surface area contributed by atoms with E-state index in [1.807, 2.05) is 0 Å². The fraction of sp³-hybridized carbons (Fsp3) is 0.273. The number of aliphatic carboxylic acids is 1. The maximum Gasteiger partial charge on any atom is 0.322 e. The summed E-state index contributed by atoms with van der Waals surface area (Å²) >= 11 is 0. The first-order chi connectivity index (χ1) is 8.95. The fourth-order valence-electron chi connectivity index (χ4n) is 1.25. The van der Waals surface area contributed by atoms with Crippen LogP contribution < -0.4 is 10.1 Å². The second kappa shape index (κ2) is 6.45. The van der Waals surface area contributed by atoms with E-state index in [0.29, 0.717) is 0 Å². The van der Waals surface area contributed by atoms with Gasteiger partial charge in [0.15, 0.2) is 11.5 Å². The molecule has 8 heteroatoms. The molecule has 0 radical (unpaired) electrons. The number of carboxylic acids is 1. The molecule has 0 heterocycles. The molecule has 19 heavy (non-hydrogen) atoms. The number of phenolic OH excluding ortho intramolecular Hbond substituents is 2. The lowest BCUT2D eigenvalue weighted by molar-refractivity contribution is -0.135. The number of nitrogens with one attached hydrogen (secondary N) is 1. The number of aromatic hydroxyl groups is 2. The van der Waals surface area contributed by atoms with Crippen molar-refractivity contribution >= 4 is 11.9 Å². The predicted molar refractivity (Wildman–Crippen MR) is 62.3 cm³/mol. The van der Waals surface area contributed by atoms with E-state index in [2.05, 4.69) is 5.32 Å². The Kier molecular flexibility index (Phi) is 4.95. The summed E-state index contributed by atoms with van der Waals surface area (Å²) < 4.78 is 4.93. The third-order valence-corrected chi connectivity index (χ3v) is 2.07. The maximum absolute atomic E-state index is 11.6. The van der Waals surface area contributed by atoms with Crippen LogP contribution in [0.2, 0.25) is 0 Å². The summed E-state index contributed by atoms with van der Waals surface area (Å²) in [5.74, 6) is -3.30. The molecule has 0 atom stereocenters. The van der Waals surface area contributed by atoms with E-state index in [0.717, 1.165) is 12.1 Å². The molecule has 1 amide bonds. The van der Waals surface area contributed by atoms with Crippen LogP contribution in [-0.4, -0.2) is 52.1 Å². The smallest absolute Gasteiger partial charge is 0.322 e. The average Bonchev–Trinajstić information content (AvgIpc) is 2.37. The van der Waals surface area contributed by atoms with Gasteiger partial charge in [-0.3, -0.25) is 9.59 Å². The number of carboxylic acid groups (broad SMARTS) is 1. The molecular formula is C11H13NO7. The van der Waals surface area contributed by atoms with E-state index >= 15 is 0 Å². The Bertz CT molecular complexity index is 486. The lowest BCUT2D eigenvalue weighted by Crippen LogP contribution is -2.29. The molecule has 8 nitrogen and oxygen atoms in total. The van der Waals surface area contributed by atoms with E-state index in [4.69, 9.17) is 14.9 Å². The number of rotatable bonds is 6. The highest BCUT2D eigenvalue weighted by Crippen LogP contribution is 2.36. The molecule has 0 saturated carbocycles. The zero-order valence-electron chi connectivity index (χ0n) is 9.79. The molecule has 0 aromatic heterocycles. The van der Waals surface area contributed by atoms with Gasteiger partial charge in [-0.25, -0.2) is 0 Å². The maximum atomic E-state index is 11.6. The monoisotopic (exact) mass is 271 g/mol. The number of aliphatic hydroxyl groups excluding tert-OH is 1. The van der Waals surface area contributed by atoms with E-state index in [1.54, 1.807) is 0 Å². The van der Waals surface area contributed by atoms with Crippen LogP contribution in [0.4, 0.5) is 0 Å². The van der Waals surface area contributed by atoms with Crippen LogP contribution in [-0.2, 0) is 4.79 Å². The van der Waals surface area contributed by atoms with Crippen molar-refractivity contribution in [3.63, 3.8) is 0 Å². The van der Waals surface area contributed by atoms with Gasteiger partial charge in [0.1, 0.15) is 13.2 Å². The molecule has 0 aliphatic carbocycles. The van der Waals surface area contributed by atoms with Gasteiger partial charge in [-0.1, -0.05) is 0 Å². The van der Waals surface area contributed by atoms with Crippen LogP contribution in [0.5, 0.6) is 17.2 Å². The number of benzene rings is 1. The van der Waals surface area contributed by atoms with E-state index < -0.39 is 29.9 Å². The topological polar surface area (TPSA) is 136 Å². The van der Waals surface area contributed by atoms with Crippen LogP contribution >= 0.6 is 0 Å². The van der Waals surface area contributed by atoms with Crippen molar-refractivity contribution in [3.05, 3.63) is 17.7 Å². The van der Waals surface area contributed by atoms with Crippen molar-refractivity contribution in [2.75, 3.05) is 19.8 Å². The van der Waals surface area contributed by atoms with E-state index in [-0.39, 0.29) is 24.5 Å². The summed E-state index contributed by atoms with van der Waals surface area (Å²) in [4.78, 5) is 21.9. The van der Waals surface area contributed by atoms with Gasteiger partial charge in [0.05, 0.1) is 6.61 Å². The summed E-state index contributed by atoms with van der Waals surface area (Å²) in [7, 11) is 0. The fourth-order valence-corrected chi connectivity index (χ4v) is 1.25. The Morgan fingerprint density at radius 1 is 1.26 bits per heavy atom. The van der Waals surface area contributed by atoms with Gasteiger partial charge in [-0.2, -0.15) is 0 Å². The summed E-state index contributed by atoms with van der Waals surface area (Å²) in [6, 6.07) is 2.10. The number of aliphatic hydroxyl groups is 1. The van der Waals surface area contributed by atoms with Gasteiger partial charge >= 0.3 is 5.97 Å². The molecule has 0 fully saturated rings. The Morgan fingerprint density at radius 3 is 2.53 bits per heavy atom. The van der Waals surface area contributed by atoms with Crippen molar-refractivity contribution < 1.29 is 34.8 Å². The molecular weight excluding hydrogens is 258 g/mol. The first kappa shape index (κ1) is 14.6. The van der Waals surface area contributed by atoms with Crippen molar-refractivity contribution in [2.45, 2.75) is 0 Å². The van der Waals surface area contributed by atoms with E-state index in [1.165, 1.54) is 0 Å².